The zero-order valence-corrected chi connectivity index (χ0v) is 37.4. The average Bonchev–Trinajstić information content (AvgIpc) is 4.05. The van der Waals surface area contributed by atoms with Crippen LogP contribution in [-0.4, -0.2) is 54.2 Å². The highest BCUT2D eigenvalue weighted by atomic mass is 79.9. The molecule has 0 amide bonds. The summed E-state index contributed by atoms with van der Waals surface area (Å²) in [5, 5.41) is 23.9. The maximum absolute atomic E-state index is 12.6. The number of nitrogens with one attached hydrogen (secondary N) is 2. The van der Waals surface area contributed by atoms with Crippen LogP contribution in [-0.2, 0) is 9.31 Å². The van der Waals surface area contributed by atoms with Crippen molar-refractivity contribution in [2.75, 3.05) is 22.9 Å². The van der Waals surface area contributed by atoms with Gasteiger partial charge in [-0.15, -0.1) is 0 Å². The Morgan fingerprint density at radius 2 is 1.19 bits per heavy atom. The minimum absolute atomic E-state index is 0. The van der Waals surface area contributed by atoms with Gasteiger partial charge in [0.1, 0.15) is 28.5 Å². The second kappa shape index (κ2) is 19.6. The first-order chi connectivity index (χ1) is 29.5. The normalized spacial score (nSPS) is 13.4. The molecule has 1 fully saturated rings. The van der Waals surface area contributed by atoms with Gasteiger partial charge in [0, 0.05) is 8.95 Å². The highest BCUT2D eigenvalue weighted by Gasteiger charge is 2.51. The predicted molar refractivity (Wildman–Crippen MR) is 251 cm³/mol. The number of benzene rings is 5. The third kappa shape index (κ3) is 10.2. The van der Waals surface area contributed by atoms with E-state index in [-0.39, 0.29) is 34.3 Å². The summed E-state index contributed by atoms with van der Waals surface area (Å²) in [7, 11) is -0.396. The van der Waals surface area contributed by atoms with Crippen molar-refractivity contribution in [2.24, 2.45) is 11.7 Å². The molecule has 4 aromatic heterocycles. The number of nitrogen functional groups attached to an aromatic ring is 4. The number of fused-ring (bicyclic) bond motifs is 4. The zero-order valence-electron chi connectivity index (χ0n) is 34.2. The summed E-state index contributed by atoms with van der Waals surface area (Å²) in [6.45, 7) is 8.11. The topological polar surface area (TPSA) is 339 Å². The van der Waals surface area contributed by atoms with Gasteiger partial charge in [0.2, 0.25) is 0 Å². The highest BCUT2D eigenvalue weighted by molar-refractivity contribution is 9.11. The molecule has 5 aromatic carbocycles. The Morgan fingerprint density at radius 3 is 1.75 bits per heavy atom. The van der Waals surface area contributed by atoms with Crippen LogP contribution in [0.2, 0.25) is 0 Å². The SMILES string of the molecule is CC1(C)OB(c2ccc3oc(N)nc3c2)OC1(C)C.N#Cc1c(F)cccc1Br.NN.Nc1n[nH]c2cccc(Br)c12.Nc1nc2cc(-c3cccc4[nH]nc(N)c34)ccc2o1.O. The number of anilines is 4. The van der Waals surface area contributed by atoms with Crippen LogP contribution in [0.5, 0.6) is 0 Å². The first-order valence-corrected chi connectivity index (χ1v) is 20.1. The molecule has 5 heterocycles. The Morgan fingerprint density at radius 1 is 0.683 bits per heavy atom. The van der Waals surface area contributed by atoms with Gasteiger partial charge in [-0.1, -0.05) is 36.4 Å². The van der Waals surface area contributed by atoms with Crippen LogP contribution in [0.1, 0.15) is 33.3 Å². The Bertz CT molecular complexity index is 3020. The van der Waals surface area contributed by atoms with Gasteiger partial charge >= 0.3 is 7.12 Å². The molecular formula is C41H43BBr2FN13O5. The van der Waals surface area contributed by atoms with Crippen LogP contribution in [0.3, 0.4) is 0 Å². The Labute approximate surface area is 376 Å². The summed E-state index contributed by atoms with van der Waals surface area (Å²) in [6, 6.07) is 29.6. The van der Waals surface area contributed by atoms with E-state index in [2.05, 4.69) is 73.9 Å². The molecule has 1 aliphatic rings. The number of aromatic amines is 2. The number of nitrogens with two attached hydrogens (primary N) is 6. The highest BCUT2D eigenvalue weighted by Crippen LogP contribution is 2.37. The van der Waals surface area contributed by atoms with Crippen molar-refractivity contribution in [3.05, 3.63) is 111 Å². The second-order valence-corrected chi connectivity index (χ2v) is 16.1. The standard InChI is InChI=1S/C14H11N5O.C13H17BN2O3.C7H3BrFN.C7H6BrN3.H4N2.H2O/c15-13-12-8(2-1-3-9(12)18-19-13)7-4-5-11-10(6-7)17-14(16)20-11;1-12(2)13(3,4)19-14(18-12)8-5-6-10-9(7-8)16-11(15)17-10;8-6-2-1-3-7(9)5(6)4-10;8-4-2-1-3-5-6(4)7(9)11-10-5;1-2;/h1-6H,(H2,16,17)(H3,15,18,19);5-7H,1-4H3,(H2,15,16);1-3H;1-3H,(H3,9,10,11);1-2H2;1H2. The fourth-order valence-electron chi connectivity index (χ4n) is 6.20. The lowest BCUT2D eigenvalue weighted by molar-refractivity contribution is 0.00578. The van der Waals surface area contributed by atoms with Crippen molar-refractivity contribution in [3.63, 3.8) is 0 Å². The number of aromatic nitrogens is 6. The van der Waals surface area contributed by atoms with Gasteiger partial charge in [-0.25, -0.2) is 4.39 Å². The molecule has 22 heteroatoms. The van der Waals surface area contributed by atoms with E-state index in [1.165, 1.54) is 6.07 Å². The van der Waals surface area contributed by atoms with E-state index in [1.807, 2.05) is 100 Å². The van der Waals surface area contributed by atoms with Crippen molar-refractivity contribution < 1.29 is 28.0 Å². The summed E-state index contributed by atoms with van der Waals surface area (Å²) in [5.41, 5.74) is 29.5. The number of halogens is 3. The molecule has 1 aliphatic heterocycles. The van der Waals surface area contributed by atoms with Gasteiger partial charge in [-0.3, -0.25) is 21.9 Å². The summed E-state index contributed by atoms with van der Waals surface area (Å²) in [4.78, 5) is 8.26. The molecule has 0 unspecified atom stereocenters. The van der Waals surface area contributed by atoms with Crippen molar-refractivity contribution in [3.8, 4) is 17.2 Å². The third-order valence-corrected chi connectivity index (χ3v) is 11.2. The van der Waals surface area contributed by atoms with Gasteiger partial charge in [-0.2, -0.15) is 25.4 Å². The molecule has 10 rings (SSSR count). The van der Waals surface area contributed by atoms with E-state index >= 15 is 0 Å². The fourth-order valence-corrected chi connectivity index (χ4v) is 7.20. The lowest BCUT2D eigenvalue weighted by atomic mass is 9.79. The minimum Gasteiger partial charge on any atom is -0.424 e. The number of nitriles is 1. The summed E-state index contributed by atoms with van der Waals surface area (Å²) in [5.74, 6) is 8.53. The number of oxazole rings is 2. The van der Waals surface area contributed by atoms with Crippen LogP contribution < -0.4 is 40.1 Å². The molecule has 0 bridgehead atoms. The summed E-state index contributed by atoms with van der Waals surface area (Å²) in [6.07, 6.45) is 0. The lowest BCUT2D eigenvalue weighted by Gasteiger charge is -2.32. The molecule has 63 heavy (non-hydrogen) atoms. The van der Waals surface area contributed by atoms with Crippen LogP contribution in [0.4, 0.5) is 28.1 Å². The molecule has 9 aromatic rings. The van der Waals surface area contributed by atoms with E-state index in [0.717, 1.165) is 48.4 Å². The Hall–Kier alpha value is -6.58. The van der Waals surface area contributed by atoms with Crippen molar-refractivity contribution in [1.82, 2.24) is 30.4 Å². The van der Waals surface area contributed by atoms with Crippen LogP contribution >= 0.6 is 31.9 Å². The number of hydrogen-bond acceptors (Lipinski definition) is 15. The molecule has 0 saturated carbocycles. The Balaban J connectivity index is 0.000000162. The molecule has 0 aliphatic carbocycles. The van der Waals surface area contributed by atoms with Crippen LogP contribution in [0.15, 0.2) is 109 Å². The maximum Gasteiger partial charge on any atom is 0.494 e. The van der Waals surface area contributed by atoms with Crippen LogP contribution in [0, 0.1) is 17.1 Å². The summed E-state index contributed by atoms with van der Waals surface area (Å²) < 4.78 is 36.6. The van der Waals surface area contributed by atoms with Crippen molar-refractivity contribution in [1.29, 1.82) is 5.26 Å². The fraction of sp³-hybridized carbons (Fsp3) is 0.146. The second-order valence-electron chi connectivity index (χ2n) is 14.4. The summed E-state index contributed by atoms with van der Waals surface area (Å²) >= 11 is 6.43. The smallest absolute Gasteiger partial charge is 0.424 e. The van der Waals surface area contributed by atoms with E-state index in [0.29, 0.717) is 32.8 Å². The quantitative estimate of drug-likeness (QED) is 0.0513. The molecule has 0 radical (unpaired) electrons. The molecule has 16 N–H and O–H groups in total. The van der Waals surface area contributed by atoms with E-state index in [1.54, 1.807) is 18.2 Å². The molecule has 0 spiro atoms. The Kier molecular flexibility index (Phi) is 14.8. The molecule has 0 atom stereocenters. The number of hydrogen-bond donors (Lipinski definition) is 8. The molecular weight excluding hydrogens is 944 g/mol. The van der Waals surface area contributed by atoms with Gasteiger partial charge in [0.25, 0.3) is 12.0 Å². The molecule has 1 saturated heterocycles. The number of H-pyrrole nitrogens is 2. The van der Waals surface area contributed by atoms with Gasteiger partial charge in [0.05, 0.1) is 33.0 Å². The number of rotatable bonds is 2. The largest absolute Gasteiger partial charge is 0.494 e. The first-order valence-electron chi connectivity index (χ1n) is 18.5. The van der Waals surface area contributed by atoms with Crippen molar-refractivity contribution >= 4 is 112 Å². The number of nitrogens with zero attached hydrogens (tertiary/aromatic N) is 5. The van der Waals surface area contributed by atoms with Gasteiger partial charge < -0.3 is 46.6 Å². The van der Waals surface area contributed by atoms with E-state index in [9.17, 15) is 4.39 Å². The molecule has 326 valence electrons. The van der Waals surface area contributed by atoms with Crippen molar-refractivity contribution in [2.45, 2.75) is 38.9 Å². The number of hydrazine groups is 1. The third-order valence-electron chi connectivity index (χ3n) is 9.93. The van der Waals surface area contributed by atoms with Gasteiger partial charge in [0.15, 0.2) is 22.8 Å². The zero-order chi connectivity index (χ0) is 44.9. The predicted octanol–water partition coefficient (Wildman–Crippen LogP) is 6.61. The molecule has 18 nitrogen and oxygen atoms in total. The first kappa shape index (κ1) is 47.5. The minimum atomic E-state index is -0.489. The van der Waals surface area contributed by atoms with E-state index < -0.39 is 12.9 Å². The van der Waals surface area contributed by atoms with Crippen LogP contribution in [0.25, 0.3) is 55.1 Å². The maximum atomic E-state index is 12.6. The van der Waals surface area contributed by atoms with Gasteiger partial charge in [-0.05, 0) is 131 Å². The lowest BCUT2D eigenvalue weighted by Crippen LogP contribution is -2.41. The van der Waals surface area contributed by atoms with E-state index in [4.69, 9.17) is 46.3 Å². The average molecular weight is 987 g/mol. The monoisotopic (exact) mass is 985 g/mol.